The van der Waals surface area contributed by atoms with E-state index in [4.69, 9.17) is 9.47 Å². The van der Waals surface area contributed by atoms with Gasteiger partial charge in [-0.15, -0.1) is 0 Å². The Morgan fingerprint density at radius 3 is 2.69 bits per heavy atom. The van der Waals surface area contributed by atoms with E-state index in [0.29, 0.717) is 0 Å². The van der Waals surface area contributed by atoms with E-state index in [0.717, 1.165) is 25.9 Å². The van der Waals surface area contributed by atoms with Gasteiger partial charge in [-0.25, -0.2) is 0 Å². The van der Waals surface area contributed by atoms with Crippen LogP contribution in [0.2, 0.25) is 0 Å². The van der Waals surface area contributed by atoms with Crippen molar-refractivity contribution in [1.29, 1.82) is 0 Å². The quantitative estimate of drug-likeness (QED) is 0.779. The molecule has 0 bridgehead atoms. The molecule has 0 unspecified atom stereocenters. The van der Waals surface area contributed by atoms with E-state index in [9.17, 15) is 0 Å². The number of hydrogen-bond acceptors (Lipinski definition) is 2. The van der Waals surface area contributed by atoms with Crippen LogP contribution in [0.25, 0.3) is 0 Å². The normalized spacial score (nSPS) is 24.2. The first-order valence-corrected chi connectivity index (χ1v) is 5.99. The average molecular weight is 220 g/mol. The van der Waals surface area contributed by atoms with E-state index < -0.39 is 0 Å². The highest BCUT2D eigenvalue weighted by Crippen LogP contribution is 2.25. The molecule has 0 aromatic heterocycles. The Hall–Kier alpha value is -0.860. The van der Waals surface area contributed by atoms with Gasteiger partial charge in [-0.2, -0.15) is 0 Å². The third kappa shape index (κ3) is 3.32. The Kier molecular flexibility index (Phi) is 3.62. The summed E-state index contributed by atoms with van der Waals surface area (Å²) in [7, 11) is 0. The number of aryl methyl sites for hydroxylation is 1. The van der Waals surface area contributed by atoms with E-state index in [-0.39, 0.29) is 11.9 Å². The fraction of sp³-hybridized carbons (Fsp3) is 0.571. The average Bonchev–Trinajstić information content (AvgIpc) is 2.27. The lowest BCUT2D eigenvalue weighted by molar-refractivity contribution is -0.246. The number of hydrogen-bond donors (Lipinski definition) is 0. The molecular weight excluding hydrogens is 200 g/mol. The Labute approximate surface area is 97.6 Å². The lowest BCUT2D eigenvalue weighted by atomic mass is 10.0. The molecule has 0 amide bonds. The highest BCUT2D eigenvalue weighted by molar-refractivity contribution is 5.14. The minimum absolute atomic E-state index is 0.0282. The van der Waals surface area contributed by atoms with E-state index in [2.05, 4.69) is 38.1 Å². The summed E-state index contributed by atoms with van der Waals surface area (Å²) in [5, 5.41) is 0. The summed E-state index contributed by atoms with van der Waals surface area (Å²) in [6.45, 7) is 5.07. The van der Waals surface area contributed by atoms with E-state index in [1.54, 1.807) is 0 Å². The summed E-state index contributed by atoms with van der Waals surface area (Å²) in [5.74, 6) is 0. The van der Waals surface area contributed by atoms with Gasteiger partial charge >= 0.3 is 0 Å². The third-order valence-corrected chi connectivity index (χ3v) is 2.97. The van der Waals surface area contributed by atoms with Gasteiger partial charge in [0.25, 0.3) is 0 Å². The first kappa shape index (κ1) is 11.6. The Bertz CT molecular complexity index is 319. The molecule has 1 atom stereocenters. The highest BCUT2D eigenvalue weighted by atomic mass is 16.7. The maximum Gasteiger partial charge on any atom is 0.158 e. The predicted molar refractivity (Wildman–Crippen MR) is 64.3 cm³/mol. The van der Waals surface area contributed by atoms with Crippen molar-refractivity contribution in [1.82, 2.24) is 0 Å². The van der Waals surface area contributed by atoms with Crippen molar-refractivity contribution in [2.45, 2.75) is 45.0 Å². The molecule has 2 rings (SSSR count). The van der Waals surface area contributed by atoms with Crippen molar-refractivity contribution in [3.63, 3.8) is 0 Å². The van der Waals surface area contributed by atoms with Crippen LogP contribution < -0.4 is 0 Å². The zero-order valence-corrected chi connectivity index (χ0v) is 10.1. The number of ether oxygens (including phenoxy) is 2. The van der Waals surface area contributed by atoms with Crippen LogP contribution in [0.4, 0.5) is 0 Å². The van der Waals surface area contributed by atoms with Crippen LogP contribution in [-0.2, 0) is 15.9 Å². The standard InChI is InChI=1S/C14H20O2/c1-14(2)10-11-15-13(16-14)9-8-12-6-4-3-5-7-12/h3-7,13H,8-11H2,1-2H3/t13-/m0/s1. The van der Waals surface area contributed by atoms with Gasteiger partial charge in [0.2, 0.25) is 0 Å². The van der Waals surface area contributed by atoms with Crippen LogP contribution >= 0.6 is 0 Å². The zero-order chi connectivity index (χ0) is 11.4. The molecule has 1 heterocycles. The van der Waals surface area contributed by atoms with Crippen LogP contribution in [-0.4, -0.2) is 18.5 Å². The first-order valence-electron chi connectivity index (χ1n) is 5.99. The maximum absolute atomic E-state index is 5.87. The number of benzene rings is 1. The molecule has 0 spiro atoms. The molecule has 0 radical (unpaired) electrons. The highest BCUT2D eigenvalue weighted by Gasteiger charge is 2.28. The number of rotatable bonds is 3. The topological polar surface area (TPSA) is 18.5 Å². The van der Waals surface area contributed by atoms with Gasteiger partial charge in [0.05, 0.1) is 12.2 Å². The molecule has 1 aliphatic rings. The molecule has 0 N–H and O–H groups in total. The summed E-state index contributed by atoms with van der Waals surface area (Å²) in [6, 6.07) is 10.5. The summed E-state index contributed by atoms with van der Waals surface area (Å²) in [5.41, 5.74) is 1.32. The molecule has 1 aromatic rings. The second kappa shape index (κ2) is 4.98. The molecule has 16 heavy (non-hydrogen) atoms. The molecule has 1 aromatic carbocycles. The fourth-order valence-corrected chi connectivity index (χ4v) is 1.96. The van der Waals surface area contributed by atoms with Gasteiger partial charge in [-0.1, -0.05) is 30.3 Å². The summed E-state index contributed by atoms with van der Waals surface area (Å²) in [4.78, 5) is 0. The molecule has 0 saturated carbocycles. The van der Waals surface area contributed by atoms with Crippen molar-refractivity contribution in [3.05, 3.63) is 35.9 Å². The van der Waals surface area contributed by atoms with Gasteiger partial charge in [-0.05, 0) is 32.3 Å². The molecule has 1 fully saturated rings. The fourth-order valence-electron chi connectivity index (χ4n) is 1.96. The van der Waals surface area contributed by atoms with Crippen LogP contribution in [0.1, 0.15) is 32.3 Å². The smallest absolute Gasteiger partial charge is 0.158 e. The van der Waals surface area contributed by atoms with Gasteiger partial charge < -0.3 is 9.47 Å². The lowest BCUT2D eigenvalue weighted by Crippen LogP contribution is -2.39. The Balaban J connectivity index is 1.82. The molecule has 2 nitrogen and oxygen atoms in total. The van der Waals surface area contributed by atoms with Gasteiger partial charge in [-0.3, -0.25) is 0 Å². The molecule has 0 aliphatic carbocycles. The van der Waals surface area contributed by atoms with Crippen LogP contribution in [0, 0.1) is 0 Å². The van der Waals surface area contributed by atoms with Crippen LogP contribution in [0.5, 0.6) is 0 Å². The van der Waals surface area contributed by atoms with Crippen molar-refractivity contribution >= 4 is 0 Å². The van der Waals surface area contributed by atoms with Crippen molar-refractivity contribution in [3.8, 4) is 0 Å². The monoisotopic (exact) mass is 220 g/mol. The lowest BCUT2D eigenvalue weighted by Gasteiger charge is -2.36. The van der Waals surface area contributed by atoms with Crippen molar-refractivity contribution < 1.29 is 9.47 Å². The van der Waals surface area contributed by atoms with Gasteiger partial charge in [0.15, 0.2) is 6.29 Å². The van der Waals surface area contributed by atoms with Gasteiger partial charge in [0, 0.05) is 6.42 Å². The molecule has 1 saturated heterocycles. The largest absolute Gasteiger partial charge is 0.353 e. The summed E-state index contributed by atoms with van der Waals surface area (Å²) in [6.07, 6.45) is 2.90. The third-order valence-electron chi connectivity index (χ3n) is 2.97. The van der Waals surface area contributed by atoms with E-state index in [1.165, 1.54) is 5.56 Å². The molecular formula is C14H20O2. The zero-order valence-electron chi connectivity index (χ0n) is 10.1. The maximum atomic E-state index is 5.87. The van der Waals surface area contributed by atoms with Crippen LogP contribution in [0.3, 0.4) is 0 Å². The minimum Gasteiger partial charge on any atom is -0.353 e. The second-order valence-electron chi connectivity index (χ2n) is 4.95. The summed E-state index contributed by atoms with van der Waals surface area (Å²) < 4.78 is 11.5. The van der Waals surface area contributed by atoms with Crippen molar-refractivity contribution in [2.24, 2.45) is 0 Å². The van der Waals surface area contributed by atoms with E-state index in [1.807, 2.05) is 6.07 Å². The Morgan fingerprint density at radius 2 is 2.00 bits per heavy atom. The van der Waals surface area contributed by atoms with Crippen LogP contribution in [0.15, 0.2) is 30.3 Å². The van der Waals surface area contributed by atoms with Gasteiger partial charge in [0.1, 0.15) is 0 Å². The first-order chi connectivity index (χ1) is 7.66. The molecule has 1 aliphatic heterocycles. The van der Waals surface area contributed by atoms with Crippen molar-refractivity contribution in [2.75, 3.05) is 6.61 Å². The van der Waals surface area contributed by atoms with E-state index >= 15 is 0 Å². The predicted octanol–water partition coefficient (Wildman–Crippen LogP) is 3.16. The Morgan fingerprint density at radius 1 is 1.25 bits per heavy atom. The summed E-state index contributed by atoms with van der Waals surface area (Å²) >= 11 is 0. The minimum atomic E-state index is -0.0380. The SMILES string of the molecule is CC1(C)CCO[C@H](CCc2ccccc2)O1. The molecule has 2 heteroatoms. The molecule has 88 valence electrons. The second-order valence-corrected chi connectivity index (χ2v) is 4.95.